The van der Waals surface area contributed by atoms with Crippen molar-refractivity contribution in [3.63, 3.8) is 0 Å². The minimum absolute atomic E-state index is 0.0841. The van der Waals surface area contributed by atoms with E-state index in [2.05, 4.69) is 26.8 Å². The molecule has 0 aromatic carbocycles. The highest BCUT2D eigenvalue weighted by atomic mass is 35.5. The molecule has 0 bridgehead atoms. The Labute approximate surface area is 209 Å². The molecule has 2 unspecified atom stereocenters. The number of pyridine rings is 1. The summed E-state index contributed by atoms with van der Waals surface area (Å²) in [7, 11) is 2.11. The minimum atomic E-state index is -0.525. The number of hydrogen-bond donors (Lipinski definition) is 0. The number of piperazine rings is 1. The Morgan fingerprint density at radius 2 is 1.94 bits per heavy atom. The number of rotatable bonds is 4. The molecule has 2 aromatic heterocycles. The molecule has 34 heavy (non-hydrogen) atoms. The number of carbonyl (C=O) groups excluding carboxylic acids is 1. The molecule has 11 heteroatoms. The fourth-order valence-corrected chi connectivity index (χ4v) is 5.10. The first-order chi connectivity index (χ1) is 16.1. The first-order valence-corrected chi connectivity index (χ1v) is 12.5. The maximum atomic E-state index is 12.7. The highest BCUT2D eigenvalue weighted by Crippen LogP contribution is 2.42. The second kappa shape index (κ2) is 8.84. The molecule has 2 saturated heterocycles. The second-order valence-electron chi connectivity index (χ2n) is 10.3. The first-order valence-electron chi connectivity index (χ1n) is 11.7. The van der Waals surface area contributed by atoms with Gasteiger partial charge in [0.1, 0.15) is 23.2 Å². The molecule has 2 aromatic rings. The number of amides is 1. The van der Waals surface area contributed by atoms with E-state index < -0.39 is 5.60 Å². The van der Waals surface area contributed by atoms with Crippen molar-refractivity contribution in [2.75, 3.05) is 38.2 Å². The quantitative estimate of drug-likeness (QED) is 0.572. The van der Waals surface area contributed by atoms with Gasteiger partial charge in [-0.15, -0.1) is 0 Å². The van der Waals surface area contributed by atoms with Gasteiger partial charge in [0.15, 0.2) is 5.65 Å². The van der Waals surface area contributed by atoms with Gasteiger partial charge in [0.05, 0.1) is 22.5 Å². The topological polar surface area (TPSA) is 83.9 Å². The molecule has 3 atom stereocenters. The zero-order chi connectivity index (χ0) is 24.2. The molecule has 9 nitrogen and oxygen atoms in total. The second-order valence-corrected chi connectivity index (χ2v) is 11.1. The van der Waals surface area contributed by atoms with Gasteiger partial charge in [-0.1, -0.05) is 23.2 Å². The minimum Gasteiger partial charge on any atom is -0.462 e. The van der Waals surface area contributed by atoms with E-state index in [-0.39, 0.29) is 29.3 Å². The molecule has 3 fully saturated rings. The van der Waals surface area contributed by atoms with Crippen LogP contribution >= 0.6 is 23.2 Å². The summed E-state index contributed by atoms with van der Waals surface area (Å²) in [6, 6.07) is 2.60. The van der Waals surface area contributed by atoms with Gasteiger partial charge in [-0.25, -0.2) is 9.78 Å². The number of likely N-dealkylation sites (tertiary alicyclic amines) is 1. The molecule has 1 amide bonds. The van der Waals surface area contributed by atoms with Crippen LogP contribution in [0.25, 0.3) is 11.0 Å². The largest absolute Gasteiger partial charge is 0.462 e. The fraction of sp³-hybridized carbons (Fsp3) is 0.652. The number of fused-ring (bicyclic) bond motifs is 2. The zero-order valence-corrected chi connectivity index (χ0v) is 21.4. The number of carbonyl (C=O) groups is 1. The molecule has 3 aliphatic rings. The number of hydrogen-bond acceptors (Lipinski definition) is 8. The van der Waals surface area contributed by atoms with Gasteiger partial charge < -0.3 is 24.2 Å². The fourth-order valence-electron chi connectivity index (χ4n) is 4.81. The standard InChI is InChI=1S/C23H30Cl2N6O3/c1-23(2,3)34-22(32)31-9-8-30(16-11-17(16)31)20-14-10-15(24)18(25)26-19(14)27-21(28-20)33-12-13-6-5-7-29(13)4/h10,13,16-17H,5-9,11-12H2,1-4H3/t13-,16?,17?/m0/s1. The summed E-state index contributed by atoms with van der Waals surface area (Å²) in [5.41, 5.74) is -0.0797. The molecule has 184 valence electrons. The predicted octanol–water partition coefficient (Wildman–Crippen LogP) is 4.00. The summed E-state index contributed by atoms with van der Waals surface area (Å²) < 4.78 is 11.6. The third-order valence-corrected chi connectivity index (χ3v) is 7.31. The van der Waals surface area contributed by atoms with Crippen molar-refractivity contribution >= 4 is 46.1 Å². The predicted molar refractivity (Wildman–Crippen MR) is 131 cm³/mol. The lowest BCUT2D eigenvalue weighted by molar-refractivity contribution is 0.0218. The Morgan fingerprint density at radius 3 is 2.65 bits per heavy atom. The van der Waals surface area contributed by atoms with Crippen molar-refractivity contribution in [1.82, 2.24) is 24.8 Å². The van der Waals surface area contributed by atoms with E-state index in [4.69, 9.17) is 37.7 Å². The summed E-state index contributed by atoms with van der Waals surface area (Å²) in [5.74, 6) is 0.710. The van der Waals surface area contributed by atoms with E-state index in [1.807, 2.05) is 25.7 Å². The van der Waals surface area contributed by atoms with Gasteiger partial charge in [-0.05, 0) is 59.7 Å². The Balaban J connectivity index is 1.41. The van der Waals surface area contributed by atoms with E-state index >= 15 is 0 Å². The summed E-state index contributed by atoms with van der Waals surface area (Å²) in [4.78, 5) is 32.7. The van der Waals surface area contributed by atoms with E-state index in [1.165, 1.54) is 0 Å². The summed E-state index contributed by atoms with van der Waals surface area (Å²) >= 11 is 12.5. The van der Waals surface area contributed by atoms with E-state index in [0.717, 1.165) is 31.2 Å². The van der Waals surface area contributed by atoms with Crippen molar-refractivity contribution in [3.8, 4) is 6.01 Å². The Bertz CT molecular complexity index is 1110. The normalized spacial score (nSPS) is 24.9. The molecule has 4 heterocycles. The van der Waals surface area contributed by atoms with Crippen LogP contribution in [0, 0.1) is 0 Å². The van der Waals surface area contributed by atoms with Crippen molar-refractivity contribution in [1.29, 1.82) is 0 Å². The van der Waals surface area contributed by atoms with Crippen LogP contribution < -0.4 is 9.64 Å². The average molecular weight is 509 g/mol. The maximum Gasteiger partial charge on any atom is 0.410 e. The lowest BCUT2D eigenvalue weighted by atomic mass is 10.2. The highest BCUT2D eigenvalue weighted by molar-refractivity contribution is 6.41. The van der Waals surface area contributed by atoms with Gasteiger partial charge in [0.2, 0.25) is 0 Å². The monoisotopic (exact) mass is 508 g/mol. The third-order valence-electron chi connectivity index (χ3n) is 6.64. The molecule has 0 radical (unpaired) electrons. The maximum absolute atomic E-state index is 12.7. The molecule has 2 aliphatic heterocycles. The molecular weight excluding hydrogens is 479 g/mol. The first kappa shape index (κ1) is 23.6. The average Bonchev–Trinajstić information content (AvgIpc) is 3.45. The lowest BCUT2D eigenvalue weighted by Crippen LogP contribution is -2.50. The SMILES string of the molecule is CN1CCC[C@H]1COc1nc(N2CCN(C(=O)OC(C)(C)C)C3CC32)c2cc(Cl)c(Cl)nc2n1. The summed E-state index contributed by atoms with van der Waals surface area (Å²) in [5, 5.41) is 1.26. The third kappa shape index (κ3) is 4.70. The zero-order valence-electron chi connectivity index (χ0n) is 19.9. The van der Waals surface area contributed by atoms with Crippen molar-refractivity contribution in [2.24, 2.45) is 0 Å². The number of aromatic nitrogens is 3. The Morgan fingerprint density at radius 1 is 1.15 bits per heavy atom. The van der Waals surface area contributed by atoms with Crippen molar-refractivity contribution in [2.45, 2.75) is 63.8 Å². The molecule has 0 spiro atoms. The molecular formula is C23H30Cl2N6O3. The number of anilines is 1. The van der Waals surface area contributed by atoms with Gasteiger partial charge in [-0.2, -0.15) is 9.97 Å². The van der Waals surface area contributed by atoms with Crippen LogP contribution in [0.3, 0.4) is 0 Å². The molecule has 1 aliphatic carbocycles. The smallest absolute Gasteiger partial charge is 0.410 e. The molecule has 5 rings (SSSR count). The van der Waals surface area contributed by atoms with Gasteiger partial charge in [0, 0.05) is 19.1 Å². The van der Waals surface area contributed by atoms with Crippen LogP contribution in [-0.4, -0.2) is 87.9 Å². The summed E-state index contributed by atoms with van der Waals surface area (Å²) in [6.07, 6.45) is 2.83. The summed E-state index contributed by atoms with van der Waals surface area (Å²) in [6.45, 7) is 8.37. The van der Waals surface area contributed by atoms with Crippen LogP contribution in [0.2, 0.25) is 10.2 Å². The van der Waals surface area contributed by atoms with Gasteiger partial charge in [-0.3, -0.25) is 0 Å². The van der Waals surface area contributed by atoms with E-state index in [1.54, 1.807) is 6.07 Å². The highest BCUT2D eigenvalue weighted by Gasteiger charge is 2.52. The lowest BCUT2D eigenvalue weighted by Gasteiger charge is -2.36. The Kier molecular flexibility index (Phi) is 6.14. The number of halogens is 2. The van der Waals surface area contributed by atoms with Crippen LogP contribution in [0.15, 0.2) is 6.07 Å². The Hall–Kier alpha value is -2.10. The van der Waals surface area contributed by atoms with Crippen LogP contribution in [-0.2, 0) is 4.74 Å². The van der Waals surface area contributed by atoms with E-state index in [9.17, 15) is 4.79 Å². The van der Waals surface area contributed by atoms with Gasteiger partial charge >= 0.3 is 12.1 Å². The number of ether oxygens (including phenoxy) is 2. The van der Waals surface area contributed by atoms with Crippen molar-refractivity contribution in [3.05, 3.63) is 16.2 Å². The van der Waals surface area contributed by atoms with Crippen molar-refractivity contribution < 1.29 is 14.3 Å². The van der Waals surface area contributed by atoms with Gasteiger partial charge in [0.25, 0.3) is 0 Å². The van der Waals surface area contributed by atoms with Crippen LogP contribution in [0.5, 0.6) is 6.01 Å². The molecule has 1 saturated carbocycles. The van der Waals surface area contributed by atoms with E-state index in [0.29, 0.717) is 42.2 Å². The molecule has 0 N–H and O–H groups in total. The number of likely N-dealkylation sites (N-methyl/N-ethyl adjacent to an activating group) is 1. The number of nitrogens with zero attached hydrogens (tertiary/aromatic N) is 6. The van der Waals surface area contributed by atoms with Crippen LogP contribution in [0.1, 0.15) is 40.0 Å². The van der Waals surface area contributed by atoms with Crippen LogP contribution in [0.4, 0.5) is 10.6 Å².